The molecule has 2 aliphatic heterocycles. The number of carbonyl (C=O) groups excluding carboxylic acids is 2. The molecule has 4 unspecified atom stereocenters. The third-order valence-electron chi connectivity index (χ3n) is 9.17. The topological polar surface area (TPSA) is 90.5 Å². The van der Waals surface area contributed by atoms with Gasteiger partial charge in [0.1, 0.15) is 11.2 Å². The number of anilines is 1. The van der Waals surface area contributed by atoms with Gasteiger partial charge >= 0.3 is 0 Å². The molecule has 0 aromatic heterocycles. The zero-order valence-electron chi connectivity index (χ0n) is 21.2. The SMILES string of the molecule is CC1(O)CC(NC(=O)C2NC(CC3CCCC3)C3(C(=O)Nc4cc(Cl)ccc43)C2c2cccc(Cl)c2F)C1. The number of halogens is 3. The first kappa shape index (κ1) is 26.1. The normalized spacial score (nSPS) is 34.3. The molecule has 0 bridgehead atoms. The van der Waals surface area contributed by atoms with Crippen molar-refractivity contribution in [2.75, 3.05) is 5.32 Å². The van der Waals surface area contributed by atoms with Gasteiger partial charge in [0.15, 0.2) is 0 Å². The molecule has 2 aromatic carbocycles. The number of benzene rings is 2. The van der Waals surface area contributed by atoms with Crippen LogP contribution in [0.5, 0.6) is 0 Å². The smallest absolute Gasteiger partial charge is 0.238 e. The molecule has 1 spiro atoms. The molecular formula is C29H32Cl2FN3O3. The largest absolute Gasteiger partial charge is 0.390 e. The Kier molecular flexibility index (Phi) is 6.50. The number of nitrogens with one attached hydrogen (secondary N) is 3. The Balaban J connectivity index is 1.49. The average Bonchev–Trinajstić information content (AvgIpc) is 3.53. The maximum Gasteiger partial charge on any atom is 0.238 e. The second-order valence-corrected chi connectivity index (χ2v) is 12.7. The summed E-state index contributed by atoms with van der Waals surface area (Å²) in [4.78, 5) is 28.0. The van der Waals surface area contributed by atoms with Gasteiger partial charge in [-0.2, -0.15) is 0 Å². The predicted octanol–water partition coefficient (Wildman–Crippen LogP) is 5.06. The molecule has 4 aliphatic rings. The Morgan fingerprint density at radius 2 is 1.92 bits per heavy atom. The molecule has 2 saturated carbocycles. The molecule has 9 heteroatoms. The average molecular weight is 560 g/mol. The minimum Gasteiger partial charge on any atom is -0.390 e. The van der Waals surface area contributed by atoms with Crippen LogP contribution in [0.1, 0.15) is 68.9 Å². The van der Waals surface area contributed by atoms with Crippen molar-refractivity contribution in [1.82, 2.24) is 10.6 Å². The summed E-state index contributed by atoms with van der Waals surface area (Å²) in [7, 11) is 0. The molecule has 38 heavy (non-hydrogen) atoms. The van der Waals surface area contributed by atoms with E-state index in [2.05, 4.69) is 16.0 Å². The van der Waals surface area contributed by atoms with Crippen LogP contribution in [0.25, 0.3) is 0 Å². The van der Waals surface area contributed by atoms with Crippen molar-refractivity contribution in [3.05, 3.63) is 63.4 Å². The van der Waals surface area contributed by atoms with Crippen molar-refractivity contribution in [1.29, 1.82) is 0 Å². The quantitative estimate of drug-likeness (QED) is 0.412. The molecule has 1 saturated heterocycles. The summed E-state index contributed by atoms with van der Waals surface area (Å²) in [5, 5.41) is 20.2. The highest BCUT2D eigenvalue weighted by Gasteiger charge is 2.66. The van der Waals surface area contributed by atoms with Crippen LogP contribution in [0.4, 0.5) is 10.1 Å². The maximum atomic E-state index is 15.8. The number of fused-ring (bicyclic) bond motifs is 2. The summed E-state index contributed by atoms with van der Waals surface area (Å²) in [5.41, 5.74) is -0.508. The van der Waals surface area contributed by atoms with E-state index in [-0.39, 0.29) is 28.4 Å². The van der Waals surface area contributed by atoms with E-state index in [0.29, 0.717) is 41.5 Å². The fourth-order valence-electron chi connectivity index (χ4n) is 7.55. The number of rotatable bonds is 5. The number of carbonyl (C=O) groups is 2. The van der Waals surface area contributed by atoms with Crippen molar-refractivity contribution >= 4 is 40.7 Å². The maximum absolute atomic E-state index is 15.8. The number of aliphatic hydroxyl groups is 1. The third-order valence-corrected chi connectivity index (χ3v) is 9.69. The lowest BCUT2D eigenvalue weighted by molar-refractivity contribution is -0.127. The van der Waals surface area contributed by atoms with Crippen molar-refractivity contribution in [3.8, 4) is 0 Å². The van der Waals surface area contributed by atoms with Crippen LogP contribution in [0.2, 0.25) is 10.0 Å². The summed E-state index contributed by atoms with van der Waals surface area (Å²) in [6.45, 7) is 1.74. The lowest BCUT2D eigenvalue weighted by atomic mass is 9.63. The van der Waals surface area contributed by atoms with Gasteiger partial charge in [0.2, 0.25) is 11.8 Å². The van der Waals surface area contributed by atoms with Gasteiger partial charge in [-0.25, -0.2) is 4.39 Å². The van der Waals surface area contributed by atoms with Gasteiger partial charge in [-0.3, -0.25) is 9.59 Å². The second-order valence-electron chi connectivity index (χ2n) is 11.8. The highest BCUT2D eigenvalue weighted by molar-refractivity contribution is 6.31. The van der Waals surface area contributed by atoms with Crippen molar-refractivity contribution < 1.29 is 19.1 Å². The minimum absolute atomic E-state index is 0.0548. The Morgan fingerprint density at radius 3 is 2.63 bits per heavy atom. The molecule has 6 nitrogen and oxygen atoms in total. The monoisotopic (exact) mass is 559 g/mol. The number of hydrogen-bond donors (Lipinski definition) is 4. The molecule has 3 fully saturated rings. The standard InChI is InChI=1S/C29H32Cl2FN3O3/c1-28(38)13-17(14-28)33-26(36)25-23(18-7-4-8-20(31)24(18)32)29(22(35-25)11-15-5-2-3-6-15)19-10-9-16(30)12-21(19)34-27(29)37/h4,7-10,12,15,17,22-23,25,35,38H,2-3,5-6,11,13-14H2,1H3,(H,33,36)(H,34,37). The summed E-state index contributed by atoms with van der Waals surface area (Å²) in [5.74, 6) is -1.64. The van der Waals surface area contributed by atoms with Crippen molar-refractivity contribution in [3.63, 3.8) is 0 Å². The van der Waals surface area contributed by atoms with Crippen LogP contribution in [0, 0.1) is 11.7 Å². The van der Waals surface area contributed by atoms with Gasteiger partial charge < -0.3 is 21.1 Å². The van der Waals surface area contributed by atoms with Crippen LogP contribution in [0.15, 0.2) is 36.4 Å². The fraction of sp³-hybridized carbons (Fsp3) is 0.517. The van der Waals surface area contributed by atoms with E-state index in [4.69, 9.17) is 23.2 Å². The van der Waals surface area contributed by atoms with Crippen LogP contribution >= 0.6 is 23.2 Å². The van der Waals surface area contributed by atoms with Gasteiger partial charge in [0.25, 0.3) is 0 Å². The lowest BCUT2D eigenvalue weighted by Gasteiger charge is -2.42. The minimum atomic E-state index is -1.23. The first-order valence-electron chi connectivity index (χ1n) is 13.4. The summed E-state index contributed by atoms with van der Waals surface area (Å²) < 4.78 is 15.8. The van der Waals surface area contributed by atoms with Gasteiger partial charge in [-0.15, -0.1) is 0 Å². The highest BCUT2D eigenvalue weighted by Crippen LogP contribution is 2.57. The first-order chi connectivity index (χ1) is 18.1. The van der Waals surface area contributed by atoms with Gasteiger partial charge in [0.05, 0.1) is 16.7 Å². The number of amides is 2. The molecule has 2 heterocycles. The Morgan fingerprint density at radius 1 is 1.18 bits per heavy atom. The second kappa shape index (κ2) is 9.47. The van der Waals surface area contributed by atoms with E-state index >= 15 is 4.39 Å². The van der Waals surface area contributed by atoms with Gasteiger partial charge in [-0.05, 0) is 61.4 Å². The van der Waals surface area contributed by atoms with Crippen LogP contribution in [0.3, 0.4) is 0 Å². The molecule has 0 radical (unpaired) electrons. The molecule has 2 amide bonds. The van der Waals surface area contributed by atoms with Gasteiger partial charge in [0, 0.05) is 28.7 Å². The number of hydrogen-bond acceptors (Lipinski definition) is 4. The molecule has 4 atom stereocenters. The van der Waals surface area contributed by atoms with Crippen LogP contribution in [-0.4, -0.2) is 40.6 Å². The summed E-state index contributed by atoms with van der Waals surface area (Å²) in [6, 6.07) is 8.57. The Labute approximate surface area is 231 Å². The highest BCUT2D eigenvalue weighted by atomic mass is 35.5. The Hall–Kier alpha value is -2.19. The van der Waals surface area contributed by atoms with Crippen LogP contribution in [-0.2, 0) is 15.0 Å². The molecule has 2 aromatic rings. The summed E-state index contributed by atoms with van der Waals surface area (Å²) >= 11 is 12.5. The van der Waals surface area contributed by atoms with Crippen molar-refractivity contribution in [2.24, 2.45) is 5.92 Å². The van der Waals surface area contributed by atoms with Crippen LogP contribution < -0.4 is 16.0 Å². The molecular weight excluding hydrogens is 528 g/mol. The van der Waals surface area contributed by atoms with E-state index in [0.717, 1.165) is 25.7 Å². The van der Waals surface area contributed by atoms with Gasteiger partial charge in [-0.1, -0.05) is 67.1 Å². The zero-order valence-corrected chi connectivity index (χ0v) is 22.7. The lowest BCUT2D eigenvalue weighted by Crippen LogP contribution is -2.57. The molecule has 2 aliphatic carbocycles. The van der Waals surface area contributed by atoms with E-state index in [9.17, 15) is 14.7 Å². The first-order valence-corrected chi connectivity index (χ1v) is 14.2. The van der Waals surface area contributed by atoms with E-state index < -0.39 is 34.8 Å². The van der Waals surface area contributed by atoms with Crippen molar-refractivity contribution in [2.45, 2.75) is 86.9 Å². The fourth-order valence-corrected chi connectivity index (χ4v) is 7.90. The predicted molar refractivity (Wildman–Crippen MR) is 145 cm³/mol. The molecule has 6 rings (SSSR count). The van der Waals surface area contributed by atoms with E-state index in [1.807, 2.05) is 6.07 Å². The molecule has 4 N–H and O–H groups in total. The van der Waals surface area contributed by atoms with E-state index in [1.165, 1.54) is 6.07 Å². The molecule has 202 valence electrons. The summed E-state index contributed by atoms with van der Waals surface area (Å²) in [6.07, 6.45) is 5.98. The third kappa shape index (κ3) is 4.14. The zero-order chi connectivity index (χ0) is 26.8. The Bertz CT molecular complexity index is 1290. The van der Waals surface area contributed by atoms with E-state index in [1.54, 1.807) is 31.2 Å².